The van der Waals surface area contributed by atoms with Crippen molar-refractivity contribution in [1.29, 1.82) is 0 Å². The number of carbonyl (C=O) groups excluding carboxylic acids is 1. The maximum Gasteiger partial charge on any atom is 0.340 e. The van der Waals surface area contributed by atoms with E-state index < -0.39 is 5.97 Å². The van der Waals surface area contributed by atoms with Gasteiger partial charge < -0.3 is 4.74 Å². The SMILES string of the molecule is CCc1nc2ccccc2c(C)c1C(=O)OCc1ccc(F)cc1. The van der Waals surface area contributed by atoms with Crippen LogP contribution in [0.2, 0.25) is 0 Å². The number of para-hydroxylation sites is 1. The predicted octanol–water partition coefficient (Wildman–Crippen LogP) is 4.60. The average molecular weight is 323 g/mol. The Hall–Kier alpha value is -2.75. The molecule has 0 atom stereocenters. The summed E-state index contributed by atoms with van der Waals surface area (Å²) in [5.41, 5.74) is 3.76. The first-order chi connectivity index (χ1) is 11.6. The van der Waals surface area contributed by atoms with Gasteiger partial charge in [-0.05, 0) is 42.7 Å². The van der Waals surface area contributed by atoms with Crippen molar-refractivity contribution in [2.75, 3.05) is 0 Å². The fraction of sp³-hybridized carbons (Fsp3) is 0.200. The lowest BCUT2D eigenvalue weighted by molar-refractivity contribution is 0.0470. The summed E-state index contributed by atoms with van der Waals surface area (Å²) >= 11 is 0. The second-order valence-electron chi connectivity index (χ2n) is 5.63. The Labute approximate surface area is 140 Å². The molecular formula is C20H18FNO2. The van der Waals surface area contributed by atoms with Crippen molar-refractivity contribution in [2.24, 2.45) is 0 Å². The van der Waals surface area contributed by atoms with Crippen molar-refractivity contribution < 1.29 is 13.9 Å². The highest BCUT2D eigenvalue weighted by Crippen LogP contribution is 2.24. The minimum atomic E-state index is -0.396. The van der Waals surface area contributed by atoms with Gasteiger partial charge >= 0.3 is 5.97 Å². The van der Waals surface area contributed by atoms with Crippen molar-refractivity contribution in [2.45, 2.75) is 26.9 Å². The summed E-state index contributed by atoms with van der Waals surface area (Å²) in [7, 11) is 0. The van der Waals surface area contributed by atoms with Crippen LogP contribution in [0.25, 0.3) is 10.9 Å². The van der Waals surface area contributed by atoms with Crippen LogP contribution < -0.4 is 0 Å². The summed E-state index contributed by atoms with van der Waals surface area (Å²) in [5.74, 6) is -0.708. The number of carbonyl (C=O) groups is 1. The van der Waals surface area contributed by atoms with Crippen LogP contribution in [0.4, 0.5) is 4.39 Å². The molecule has 0 radical (unpaired) electrons. The Morgan fingerprint density at radius 2 is 1.83 bits per heavy atom. The highest BCUT2D eigenvalue weighted by atomic mass is 19.1. The highest BCUT2D eigenvalue weighted by molar-refractivity contribution is 5.98. The zero-order valence-corrected chi connectivity index (χ0v) is 13.7. The summed E-state index contributed by atoms with van der Waals surface area (Å²) in [4.78, 5) is 17.2. The topological polar surface area (TPSA) is 39.2 Å². The lowest BCUT2D eigenvalue weighted by Gasteiger charge is -2.13. The number of rotatable bonds is 4. The molecule has 24 heavy (non-hydrogen) atoms. The third kappa shape index (κ3) is 3.13. The normalized spacial score (nSPS) is 10.8. The fourth-order valence-corrected chi connectivity index (χ4v) is 2.77. The molecule has 3 aromatic rings. The van der Waals surface area contributed by atoms with E-state index in [1.54, 1.807) is 12.1 Å². The molecule has 0 N–H and O–H groups in total. The number of hydrogen-bond donors (Lipinski definition) is 0. The van der Waals surface area contributed by atoms with Gasteiger partial charge in [0.2, 0.25) is 0 Å². The standard InChI is InChI=1S/C20H18FNO2/c1-3-17-19(13(2)16-6-4-5-7-18(16)22-17)20(23)24-12-14-8-10-15(21)11-9-14/h4-11H,3,12H2,1-2H3. The van der Waals surface area contributed by atoms with Gasteiger partial charge in [-0.3, -0.25) is 4.98 Å². The second-order valence-corrected chi connectivity index (χ2v) is 5.63. The van der Waals surface area contributed by atoms with Gasteiger partial charge in [0, 0.05) is 5.39 Å². The molecule has 0 fully saturated rings. The Morgan fingerprint density at radius 3 is 2.54 bits per heavy atom. The maximum absolute atomic E-state index is 12.9. The minimum Gasteiger partial charge on any atom is -0.457 e. The molecule has 0 aliphatic carbocycles. The average Bonchev–Trinajstić information content (AvgIpc) is 2.61. The fourth-order valence-electron chi connectivity index (χ4n) is 2.77. The molecule has 0 amide bonds. The van der Waals surface area contributed by atoms with Gasteiger partial charge in [-0.1, -0.05) is 37.3 Å². The third-order valence-electron chi connectivity index (χ3n) is 4.05. The molecule has 0 aliphatic rings. The number of esters is 1. The summed E-state index contributed by atoms with van der Waals surface area (Å²) < 4.78 is 18.4. The Balaban J connectivity index is 1.91. The van der Waals surface area contributed by atoms with Crippen LogP contribution in [0.15, 0.2) is 48.5 Å². The number of nitrogens with zero attached hydrogens (tertiary/aromatic N) is 1. The van der Waals surface area contributed by atoms with Gasteiger partial charge in [0.15, 0.2) is 0 Å². The van der Waals surface area contributed by atoms with Crippen LogP contribution >= 0.6 is 0 Å². The number of ether oxygens (including phenoxy) is 1. The Morgan fingerprint density at radius 1 is 1.12 bits per heavy atom. The van der Waals surface area contributed by atoms with Gasteiger partial charge in [-0.2, -0.15) is 0 Å². The van der Waals surface area contributed by atoms with Crippen LogP contribution in [0.3, 0.4) is 0 Å². The van der Waals surface area contributed by atoms with Crippen LogP contribution in [-0.2, 0) is 17.8 Å². The molecule has 3 nitrogen and oxygen atoms in total. The highest BCUT2D eigenvalue weighted by Gasteiger charge is 2.19. The number of halogens is 1. The molecule has 0 spiro atoms. The molecule has 0 saturated carbocycles. The lowest BCUT2D eigenvalue weighted by atomic mass is 10.0. The molecule has 122 valence electrons. The Bertz CT molecular complexity index is 888. The maximum atomic E-state index is 12.9. The molecule has 0 bridgehead atoms. The minimum absolute atomic E-state index is 0.106. The van der Waals surface area contributed by atoms with E-state index in [4.69, 9.17) is 4.74 Å². The predicted molar refractivity (Wildman–Crippen MR) is 91.4 cm³/mol. The summed E-state index contributed by atoms with van der Waals surface area (Å²) in [6, 6.07) is 13.7. The van der Waals surface area contributed by atoms with Crippen molar-refractivity contribution in [1.82, 2.24) is 4.98 Å². The van der Waals surface area contributed by atoms with Gasteiger partial charge in [0.25, 0.3) is 0 Å². The number of aryl methyl sites for hydroxylation is 2. The molecular weight excluding hydrogens is 305 g/mol. The van der Waals surface area contributed by atoms with E-state index in [9.17, 15) is 9.18 Å². The molecule has 4 heteroatoms. The zero-order chi connectivity index (χ0) is 17.1. The first-order valence-electron chi connectivity index (χ1n) is 7.90. The van der Waals surface area contributed by atoms with Crippen molar-refractivity contribution >= 4 is 16.9 Å². The summed E-state index contributed by atoms with van der Waals surface area (Å²) in [6.07, 6.45) is 0.645. The van der Waals surface area contributed by atoms with Crippen LogP contribution in [0, 0.1) is 12.7 Å². The molecule has 0 saturated heterocycles. The van der Waals surface area contributed by atoms with Crippen LogP contribution in [-0.4, -0.2) is 11.0 Å². The molecule has 2 aromatic carbocycles. The van der Waals surface area contributed by atoms with E-state index in [0.717, 1.165) is 27.7 Å². The number of aromatic nitrogens is 1. The van der Waals surface area contributed by atoms with E-state index >= 15 is 0 Å². The first kappa shape index (κ1) is 16.1. The molecule has 0 aliphatic heterocycles. The van der Waals surface area contributed by atoms with E-state index in [1.165, 1.54) is 12.1 Å². The third-order valence-corrected chi connectivity index (χ3v) is 4.05. The summed E-state index contributed by atoms with van der Waals surface area (Å²) in [6.45, 7) is 3.99. The van der Waals surface area contributed by atoms with E-state index in [0.29, 0.717) is 12.0 Å². The zero-order valence-electron chi connectivity index (χ0n) is 13.7. The largest absolute Gasteiger partial charge is 0.457 e. The van der Waals surface area contributed by atoms with Crippen molar-refractivity contribution in [3.63, 3.8) is 0 Å². The first-order valence-corrected chi connectivity index (χ1v) is 7.90. The van der Waals surface area contributed by atoms with Crippen molar-refractivity contribution in [3.8, 4) is 0 Å². The number of fused-ring (bicyclic) bond motifs is 1. The molecule has 1 aromatic heterocycles. The number of pyridine rings is 1. The van der Waals surface area contributed by atoms with E-state index in [2.05, 4.69) is 4.98 Å². The monoisotopic (exact) mass is 323 g/mol. The van der Waals surface area contributed by atoms with E-state index in [1.807, 2.05) is 38.1 Å². The number of benzene rings is 2. The molecule has 0 unspecified atom stereocenters. The summed E-state index contributed by atoms with van der Waals surface area (Å²) in [5, 5.41) is 0.948. The molecule has 1 heterocycles. The van der Waals surface area contributed by atoms with Gasteiger partial charge in [0.1, 0.15) is 12.4 Å². The molecule has 3 rings (SSSR count). The smallest absolute Gasteiger partial charge is 0.340 e. The lowest BCUT2D eigenvalue weighted by Crippen LogP contribution is -2.12. The van der Waals surface area contributed by atoms with Crippen molar-refractivity contribution in [3.05, 3.63) is 76.7 Å². The number of hydrogen-bond acceptors (Lipinski definition) is 3. The van der Waals surface area contributed by atoms with Crippen LogP contribution in [0.1, 0.15) is 34.1 Å². The quantitative estimate of drug-likeness (QED) is 0.659. The van der Waals surface area contributed by atoms with Crippen LogP contribution in [0.5, 0.6) is 0 Å². The second kappa shape index (κ2) is 6.79. The van der Waals surface area contributed by atoms with E-state index in [-0.39, 0.29) is 12.4 Å². The van der Waals surface area contributed by atoms with Gasteiger partial charge in [0.05, 0.1) is 16.8 Å². The van der Waals surface area contributed by atoms with Gasteiger partial charge in [-0.25, -0.2) is 9.18 Å². The van der Waals surface area contributed by atoms with Gasteiger partial charge in [-0.15, -0.1) is 0 Å². The Kier molecular flexibility index (Phi) is 4.56.